The Labute approximate surface area is 143 Å². The average molecular weight is 393 g/mol. The zero-order chi connectivity index (χ0) is 15.8. The molecule has 0 spiro atoms. The molecule has 0 saturated heterocycles. The number of halogens is 2. The van der Waals surface area contributed by atoms with E-state index in [-0.39, 0.29) is 18.4 Å². The van der Waals surface area contributed by atoms with Crippen LogP contribution in [-0.4, -0.2) is 30.4 Å². The van der Waals surface area contributed by atoms with Crippen LogP contribution in [0.5, 0.6) is 0 Å². The van der Waals surface area contributed by atoms with Gasteiger partial charge >= 0.3 is 0 Å². The van der Waals surface area contributed by atoms with Crippen molar-refractivity contribution in [2.75, 3.05) is 6.54 Å². The van der Waals surface area contributed by atoms with Gasteiger partial charge in [-0.05, 0) is 37.1 Å². The highest BCUT2D eigenvalue weighted by Gasteiger charge is 2.16. The molecule has 2 amide bonds. The molecule has 122 valence electrons. The van der Waals surface area contributed by atoms with E-state index in [0.29, 0.717) is 24.9 Å². The zero-order valence-corrected chi connectivity index (χ0v) is 14.2. The maximum atomic E-state index is 11.8. The third-order valence-corrected chi connectivity index (χ3v) is 3.18. The van der Waals surface area contributed by atoms with Crippen molar-refractivity contribution in [2.45, 2.75) is 18.9 Å². The summed E-state index contributed by atoms with van der Waals surface area (Å²) < 4.78 is 0.849. The lowest BCUT2D eigenvalue weighted by atomic mass is 10.1. The van der Waals surface area contributed by atoms with Crippen molar-refractivity contribution in [3.63, 3.8) is 0 Å². The molecule has 7 N–H and O–H groups in total. The number of guanidine groups is 1. The molecule has 9 heteroatoms. The van der Waals surface area contributed by atoms with Gasteiger partial charge in [0.2, 0.25) is 5.91 Å². The Morgan fingerprint density at radius 2 is 1.82 bits per heavy atom. The van der Waals surface area contributed by atoms with Gasteiger partial charge in [0.25, 0.3) is 5.91 Å². The highest BCUT2D eigenvalue weighted by molar-refractivity contribution is 9.10. The molecular formula is C13H19BrClN5O2. The smallest absolute Gasteiger partial charge is 0.257 e. The summed E-state index contributed by atoms with van der Waals surface area (Å²) in [4.78, 5) is 27.4. The van der Waals surface area contributed by atoms with Crippen LogP contribution in [0, 0.1) is 0 Å². The van der Waals surface area contributed by atoms with Gasteiger partial charge in [-0.2, -0.15) is 0 Å². The van der Waals surface area contributed by atoms with Crippen molar-refractivity contribution >= 4 is 46.1 Å². The topological polar surface area (TPSA) is 137 Å². The molecule has 0 heterocycles. The predicted octanol–water partition coefficient (Wildman–Crippen LogP) is 0.508. The van der Waals surface area contributed by atoms with Crippen LogP contribution in [0.2, 0.25) is 0 Å². The average Bonchev–Trinajstić information content (AvgIpc) is 2.43. The predicted molar refractivity (Wildman–Crippen MR) is 91.7 cm³/mol. The summed E-state index contributed by atoms with van der Waals surface area (Å²) in [7, 11) is 0. The van der Waals surface area contributed by atoms with Gasteiger partial charge in [0.1, 0.15) is 0 Å². The molecule has 0 saturated carbocycles. The highest BCUT2D eigenvalue weighted by atomic mass is 79.9. The fourth-order valence-corrected chi connectivity index (χ4v) is 1.79. The number of hydrogen-bond donors (Lipinski definition) is 4. The highest BCUT2D eigenvalue weighted by Crippen LogP contribution is 2.10. The second-order valence-corrected chi connectivity index (χ2v) is 5.30. The normalized spacial score (nSPS) is 11.0. The van der Waals surface area contributed by atoms with Gasteiger partial charge in [-0.3, -0.25) is 19.9 Å². The number of amides is 2. The van der Waals surface area contributed by atoms with Gasteiger partial charge in [0.15, 0.2) is 5.96 Å². The summed E-state index contributed by atoms with van der Waals surface area (Å²) in [6.07, 6.45) is 0.940. The van der Waals surface area contributed by atoms with Crippen molar-refractivity contribution in [3.05, 3.63) is 34.3 Å². The van der Waals surface area contributed by atoms with E-state index < -0.39 is 17.9 Å². The first-order chi connectivity index (χ1) is 9.90. The third-order valence-electron chi connectivity index (χ3n) is 2.65. The summed E-state index contributed by atoms with van der Waals surface area (Å²) in [6, 6.07) is 5.87. The van der Waals surface area contributed by atoms with E-state index in [9.17, 15) is 9.59 Å². The molecule has 1 aromatic carbocycles. The zero-order valence-electron chi connectivity index (χ0n) is 11.8. The molecule has 0 unspecified atom stereocenters. The Morgan fingerprint density at radius 3 is 2.36 bits per heavy atom. The molecular weight excluding hydrogens is 374 g/mol. The number of carbonyl (C=O) groups is 2. The Hall–Kier alpha value is -1.64. The number of nitrogens with zero attached hydrogens (tertiary/aromatic N) is 1. The molecule has 1 aromatic rings. The first kappa shape index (κ1) is 20.4. The SMILES string of the molecule is Cl.NC(N)=NCCC[C@H](N)C(=O)NC(=O)c1ccc(Br)cc1. The van der Waals surface area contributed by atoms with E-state index in [1.165, 1.54) is 0 Å². The van der Waals surface area contributed by atoms with E-state index in [1.54, 1.807) is 24.3 Å². The number of hydrogen-bond acceptors (Lipinski definition) is 4. The third kappa shape index (κ3) is 7.39. The number of imide groups is 1. The van der Waals surface area contributed by atoms with Crippen molar-refractivity contribution in [1.82, 2.24) is 5.32 Å². The largest absolute Gasteiger partial charge is 0.370 e. The van der Waals surface area contributed by atoms with Gasteiger partial charge < -0.3 is 17.2 Å². The first-order valence-electron chi connectivity index (χ1n) is 6.32. The summed E-state index contributed by atoms with van der Waals surface area (Å²) >= 11 is 3.27. The molecule has 22 heavy (non-hydrogen) atoms. The number of nitrogens with two attached hydrogens (primary N) is 3. The van der Waals surface area contributed by atoms with E-state index in [0.717, 1.165) is 4.47 Å². The van der Waals surface area contributed by atoms with Crippen LogP contribution in [0.25, 0.3) is 0 Å². The van der Waals surface area contributed by atoms with E-state index >= 15 is 0 Å². The monoisotopic (exact) mass is 391 g/mol. The number of aliphatic imine (C=N–C) groups is 1. The molecule has 0 aromatic heterocycles. The fourth-order valence-electron chi connectivity index (χ4n) is 1.53. The van der Waals surface area contributed by atoms with Crippen LogP contribution in [0.1, 0.15) is 23.2 Å². The van der Waals surface area contributed by atoms with Crippen LogP contribution in [-0.2, 0) is 4.79 Å². The molecule has 0 fully saturated rings. The van der Waals surface area contributed by atoms with Gasteiger partial charge in [0, 0.05) is 16.6 Å². The lowest BCUT2D eigenvalue weighted by Crippen LogP contribution is -2.43. The molecule has 1 rings (SSSR count). The summed E-state index contributed by atoms with van der Waals surface area (Å²) in [5.74, 6) is -1.00. The Kier molecular flexibility index (Phi) is 9.39. The van der Waals surface area contributed by atoms with E-state index in [4.69, 9.17) is 17.2 Å². The Balaban J connectivity index is 0.00000441. The lowest BCUT2D eigenvalue weighted by molar-refractivity contribution is -0.121. The van der Waals surface area contributed by atoms with Crippen molar-refractivity contribution in [1.29, 1.82) is 0 Å². The van der Waals surface area contributed by atoms with Gasteiger partial charge in [-0.15, -0.1) is 12.4 Å². The van der Waals surface area contributed by atoms with E-state index in [1.807, 2.05) is 0 Å². The first-order valence-corrected chi connectivity index (χ1v) is 7.11. The number of carbonyl (C=O) groups excluding carboxylic acids is 2. The van der Waals surface area contributed by atoms with Crippen LogP contribution in [0.15, 0.2) is 33.7 Å². The van der Waals surface area contributed by atoms with Crippen molar-refractivity contribution < 1.29 is 9.59 Å². The minimum absolute atomic E-state index is 0. The summed E-state index contributed by atoms with van der Waals surface area (Å²) in [5.41, 5.74) is 16.4. The second-order valence-electron chi connectivity index (χ2n) is 4.38. The van der Waals surface area contributed by atoms with Crippen molar-refractivity contribution in [3.8, 4) is 0 Å². The summed E-state index contributed by atoms with van der Waals surface area (Å²) in [5, 5.41) is 2.26. The molecule has 7 nitrogen and oxygen atoms in total. The minimum Gasteiger partial charge on any atom is -0.370 e. The van der Waals surface area contributed by atoms with E-state index in [2.05, 4.69) is 26.2 Å². The number of rotatable bonds is 6. The molecule has 0 aliphatic heterocycles. The Morgan fingerprint density at radius 1 is 1.23 bits per heavy atom. The number of benzene rings is 1. The molecule has 0 bridgehead atoms. The number of nitrogens with one attached hydrogen (secondary N) is 1. The molecule has 1 atom stereocenters. The van der Waals surface area contributed by atoms with Crippen LogP contribution in [0.3, 0.4) is 0 Å². The Bertz CT molecular complexity index is 532. The van der Waals surface area contributed by atoms with Gasteiger partial charge in [0.05, 0.1) is 6.04 Å². The molecule has 0 aliphatic carbocycles. The van der Waals surface area contributed by atoms with Crippen LogP contribution < -0.4 is 22.5 Å². The quantitative estimate of drug-likeness (QED) is 0.317. The maximum absolute atomic E-state index is 11.8. The van der Waals surface area contributed by atoms with Crippen LogP contribution in [0.4, 0.5) is 0 Å². The van der Waals surface area contributed by atoms with Crippen molar-refractivity contribution in [2.24, 2.45) is 22.2 Å². The van der Waals surface area contributed by atoms with Gasteiger partial charge in [-0.1, -0.05) is 15.9 Å². The standard InChI is InChI=1S/C13H18BrN5O2.ClH/c14-9-5-3-8(4-6-9)11(20)19-12(21)10(15)2-1-7-18-13(16)17;/h3-6,10H,1-2,7,15H2,(H4,16,17,18)(H,19,20,21);1H/t10-;/m0./s1. The lowest BCUT2D eigenvalue weighted by Gasteiger charge is -2.10. The minimum atomic E-state index is -0.779. The molecule has 0 aliphatic rings. The van der Waals surface area contributed by atoms with Gasteiger partial charge in [-0.25, -0.2) is 0 Å². The fraction of sp³-hybridized carbons (Fsp3) is 0.308. The second kappa shape index (κ2) is 10.1. The maximum Gasteiger partial charge on any atom is 0.257 e. The van der Waals surface area contributed by atoms with Crippen LogP contribution >= 0.6 is 28.3 Å². The summed E-state index contributed by atoms with van der Waals surface area (Å²) in [6.45, 7) is 0.393. The molecule has 0 radical (unpaired) electrons.